The minimum absolute atomic E-state index is 0.00821. The van der Waals surface area contributed by atoms with Gasteiger partial charge in [0.1, 0.15) is 5.01 Å². The van der Waals surface area contributed by atoms with Crippen molar-refractivity contribution in [2.24, 2.45) is 7.05 Å². The third kappa shape index (κ3) is 6.94. The van der Waals surface area contributed by atoms with Gasteiger partial charge in [-0.25, -0.2) is 4.98 Å². The van der Waals surface area contributed by atoms with E-state index in [1.807, 2.05) is 47.7 Å². The molecule has 3 heterocycles. The number of Topliss-reactive ketones (excluding diaryl/α,β-unsaturated/α-hetero) is 1. The molecular formula is C31H32Cl2N4O5S. The quantitative estimate of drug-likeness (QED) is 0.181. The second-order valence-electron chi connectivity index (χ2n) is 10.5. The van der Waals surface area contributed by atoms with E-state index in [1.165, 1.54) is 11.3 Å². The molecule has 5 rings (SSSR count). The summed E-state index contributed by atoms with van der Waals surface area (Å²) in [6.07, 6.45) is 4.85. The number of anilines is 1. The summed E-state index contributed by atoms with van der Waals surface area (Å²) in [6.45, 7) is 2.85. The molecular weight excluding hydrogens is 611 g/mol. The number of hydrogen-bond acceptors (Lipinski definition) is 7. The normalized spacial score (nSPS) is 16.0. The summed E-state index contributed by atoms with van der Waals surface area (Å²) in [5, 5.41) is 14.1. The van der Waals surface area contributed by atoms with Crippen molar-refractivity contribution in [1.29, 1.82) is 0 Å². The zero-order chi connectivity index (χ0) is 30.7. The number of hydrogen-bond donors (Lipinski definition) is 2. The Bertz CT molecular complexity index is 1670. The standard InChI is InChI=1S/C31H32Cl2N4O5S/c1-3-42-31(37-12-6-9-26(37)30-34-16-19(43-30)10-11-28(39)40)27(38)14-18-13-23(33)24(15-22(18)32)35-29(41)21-17-36(2)25-8-5-4-7-20(21)25/h4-5,7-8,13,15-17,26,31H,3,6,9-12,14H2,1-2H3,(H,35,41)(H,39,40)/t26-,31?/m0/s1. The van der Waals surface area contributed by atoms with Crippen LogP contribution in [0.1, 0.15) is 58.0 Å². The second kappa shape index (κ2) is 13.6. The van der Waals surface area contributed by atoms with Gasteiger partial charge in [-0.2, -0.15) is 0 Å². The van der Waals surface area contributed by atoms with Gasteiger partial charge in [-0.1, -0.05) is 41.4 Å². The number of fused-ring (bicyclic) bond motifs is 1. The first-order valence-electron chi connectivity index (χ1n) is 14.1. The van der Waals surface area contributed by atoms with E-state index in [9.17, 15) is 14.4 Å². The molecule has 4 aromatic rings. The molecule has 1 amide bonds. The van der Waals surface area contributed by atoms with Crippen molar-refractivity contribution >= 4 is 68.8 Å². The first-order chi connectivity index (χ1) is 20.7. The number of carboxylic acid groups (broad SMARTS) is 1. The van der Waals surface area contributed by atoms with Crippen LogP contribution in [-0.4, -0.2) is 56.6 Å². The molecule has 0 saturated carbocycles. The Balaban J connectivity index is 1.30. The predicted molar refractivity (Wildman–Crippen MR) is 168 cm³/mol. The summed E-state index contributed by atoms with van der Waals surface area (Å²) < 4.78 is 7.86. The van der Waals surface area contributed by atoms with Gasteiger partial charge in [0.05, 0.1) is 28.7 Å². The highest BCUT2D eigenvalue weighted by Crippen LogP contribution is 2.37. The Hall–Kier alpha value is -3.28. The lowest BCUT2D eigenvalue weighted by molar-refractivity contribution is -0.144. The van der Waals surface area contributed by atoms with E-state index in [-0.39, 0.29) is 35.6 Å². The molecule has 226 valence electrons. The smallest absolute Gasteiger partial charge is 0.303 e. The molecule has 2 atom stereocenters. The number of aromatic nitrogens is 2. The number of benzene rings is 2. The van der Waals surface area contributed by atoms with Gasteiger partial charge in [-0.3, -0.25) is 19.3 Å². The number of carboxylic acids is 1. The largest absolute Gasteiger partial charge is 0.481 e. The lowest BCUT2D eigenvalue weighted by Crippen LogP contribution is -2.43. The number of nitrogens with zero attached hydrogens (tertiary/aromatic N) is 3. The van der Waals surface area contributed by atoms with Gasteiger partial charge in [-0.15, -0.1) is 11.3 Å². The van der Waals surface area contributed by atoms with E-state index >= 15 is 0 Å². The topological polar surface area (TPSA) is 114 Å². The van der Waals surface area contributed by atoms with Gasteiger partial charge in [0.15, 0.2) is 12.0 Å². The number of halogens is 2. The maximum Gasteiger partial charge on any atom is 0.303 e. The Morgan fingerprint density at radius 1 is 1.21 bits per heavy atom. The molecule has 1 aliphatic rings. The first-order valence-corrected chi connectivity index (χ1v) is 15.6. The van der Waals surface area contributed by atoms with Gasteiger partial charge in [0.25, 0.3) is 5.91 Å². The van der Waals surface area contributed by atoms with Gasteiger partial charge >= 0.3 is 5.97 Å². The van der Waals surface area contributed by atoms with Crippen LogP contribution >= 0.6 is 34.5 Å². The van der Waals surface area contributed by atoms with Crippen molar-refractivity contribution in [3.8, 4) is 0 Å². The van der Waals surface area contributed by atoms with E-state index in [0.29, 0.717) is 41.4 Å². The number of likely N-dealkylation sites (tertiary alicyclic amines) is 1. The van der Waals surface area contributed by atoms with Crippen LogP contribution in [0.2, 0.25) is 10.0 Å². The number of nitrogens with one attached hydrogen (secondary N) is 1. The van der Waals surface area contributed by atoms with Crippen LogP contribution in [0.15, 0.2) is 48.8 Å². The fourth-order valence-electron chi connectivity index (χ4n) is 5.50. The number of aliphatic carboxylic acids is 1. The van der Waals surface area contributed by atoms with Gasteiger partial charge in [0.2, 0.25) is 0 Å². The van der Waals surface area contributed by atoms with Crippen molar-refractivity contribution in [3.05, 3.63) is 79.8 Å². The summed E-state index contributed by atoms with van der Waals surface area (Å²) in [6, 6.07) is 10.7. The number of rotatable bonds is 12. The summed E-state index contributed by atoms with van der Waals surface area (Å²) in [5.41, 5.74) is 2.33. The van der Waals surface area contributed by atoms with E-state index in [0.717, 1.165) is 33.6 Å². The number of amides is 1. The number of aryl methyl sites for hydroxylation is 2. The van der Waals surface area contributed by atoms with Crippen molar-refractivity contribution in [2.75, 3.05) is 18.5 Å². The zero-order valence-corrected chi connectivity index (χ0v) is 26.1. The van der Waals surface area contributed by atoms with Crippen molar-refractivity contribution in [2.45, 2.75) is 51.3 Å². The minimum atomic E-state index is -0.849. The number of thiazole rings is 1. The molecule has 0 spiro atoms. The van der Waals surface area contributed by atoms with Crippen molar-refractivity contribution in [1.82, 2.24) is 14.5 Å². The highest BCUT2D eigenvalue weighted by Gasteiger charge is 2.37. The van der Waals surface area contributed by atoms with Gasteiger partial charge in [0, 0.05) is 59.8 Å². The van der Waals surface area contributed by atoms with Crippen molar-refractivity contribution in [3.63, 3.8) is 0 Å². The summed E-state index contributed by atoms with van der Waals surface area (Å²) in [4.78, 5) is 45.3. The summed E-state index contributed by atoms with van der Waals surface area (Å²) >= 11 is 14.7. The maximum atomic E-state index is 13.7. The number of para-hydroxylation sites is 1. The predicted octanol–water partition coefficient (Wildman–Crippen LogP) is 6.52. The second-order valence-corrected chi connectivity index (χ2v) is 12.4. The average Bonchev–Trinajstić information content (AvgIpc) is 3.72. The molecule has 2 aromatic heterocycles. The Morgan fingerprint density at radius 3 is 2.77 bits per heavy atom. The SMILES string of the molecule is CCOC(C(=O)Cc1cc(Cl)c(NC(=O)c2cn(C)c3ccccc23)cc1Cl)N1CCC[C@H]1c1ncc(CCC(=O)O)s1. The molecule has 9 nitrogen and oxygen atoms in total. The molecule has 0 bridgehead atoms. The number of ether oxygens (including phenoxy) is 1. The van der Waals surface area contributed by atoms with Crippen LogP contribution in [0.5, 0.6) is 0 Å². The number of carbonyl (C=O) groups is 3. The molecule has 43 heavy (non-hydrogen) atoms. The lowest BCUT2D eigenvalue weighted by Gasteiger charge is -2.31. The molecule has 1 saturated heterocycles. The molecule has 1 aliphatic heterocycles. The highest BCUT2D eigenvalue weighted by atomic mass is 35.5. The molecule has 1 fully saturated rings. The van der Waals surface area contributed by atoms with Crippen LogP contribution in [0.3, 0.4) is 0 Å². The Labute approximate surface area is 263 Å². The zero-order valence-electron chi connectivity index (χ0n) is 23.8. The Morgan fingerprint density at radius 2 is 2.00 bits per heavy atom. The number of ketones is 1. The van der Waals surface area contributed by atoms with Crippen LogP contribution in [-0.2, 0) is 34.2 Å². The lowest BCUT2D eigenvalue weighted by atomic mass is 10.1. The van der Waals surface area contributed by atoms with E-state index in [2.05, 4.69) is 10.3 Å². The molecule has 12 heteroatoms. The number of carbonyl (C=O) groups excluding carboxylic acids is 2. The van der Waals surface area contributed by atoms with Crippen LogP contribution in [0, 0.1) is 0 Å². The highest BCUT2D eigenvalue weighted by molar-refractivity contribution is 7.11. The van der Waals surface area contributed by atoms with Crippen LogP contribution in [0.4, 0.5) is 5.69 Å². The van der Waals surface area contributed by atoms with Gasteiger partial charge in [-0.05, 0) is 49.9 Å². The van der Waals surface area contributed by atoms with E-state index < -0.39 is 12.2 Å². The molecule has 1 unspecified atom stereocenters. The fraction of sp³-hybridized carbons (Fsp3) is 0.355. The molecule has 0 radical (unpaired) electrons. The van der Waals surface area contributed by atoms with E-state index in [4.69, 9.17) is 33.0 Å². The molecule has 2 aromatic carbocycles. The van der Waals surface area contributed by atoms with Crippen LogP contribution in [0.25, 0.3) is 10.9 Å². The fourth-order valence-corrected chi connectivity index (χ4v) is 7.03. The average molecular weight is 644 g/mol. The summed E-state index contributed by atoms with van der Waals surface area (Å²) in [7, 11) is 1.88. The Kier molecular flexibility index (Phi) is 9.83. The third-order valence-corrected chi connectivity index (χ3v) is 9.35. The van der Waals surface area contributed by atoms with Gasteiger partial charge < -0.3 is 19.7 Å². The van der Waals surface area contributed by atoms with E-state index in [1.54, 1.807) is 24.5 Å². The third-order valence-electron chi connectivity index (χ3n) is 7.53. The first kappa shape index (κ1) is 31.2. The summed E-state index contributed by atoms with van der Waals surface area (Å²) in [5.74, 6) is -1.33. The monoisotopic (exact) mass is 642 g/mol. The minimum Gasteiger partial charge on any atom is -0.481 e. The molecule has 2 N–H and O–H groups in total. The molecule has 0 aliphatic carbocycles. The van der Waals surface area contributed by atoms with Crippen molar-refractivity contribution < 1.29 is 24.2 Å². The van der Waals surface area contributed by atoms with Crippen LogP contribution < -0.4 is 5.32 Å². The maximum absolute atomic E-state index is 13.7.